The number of rotatable bonds is 6. The first-order valence-electron chi connectivity index (χ1n) is 8.76. The number of carbonyl (C=O) groups is 2. The SMILES string of the molecule is O=C(O)CCOc1cccc(/C=C2/SC(=S)N(C3CCCCC3)C2=O)c1. The van der Waals surface area contributed by atoms with E-state index in [2.05, 4.69) is 0 Å². The number of amides is 1. The Bertz CT molecular complexity index is 741. The molecule has 1 aromatic rings. The van der Waals surface area contributed by atoms with Crippen LogP contribution in [-0.4, -0.2) is 38.9 Å². The maximum Gasteiger partial charge on any atom is 0.306 e. The molecular formula is C19H21NO4S2. The fraction of sp³-hybridized carbons (Fsp3) is 0.421. The quantitative estimate of drug-likeness (QED) is 0.582. The van der Waals surface area contributed by atoms with Gasteiger partial charge in [-0.2, -0.15) is 0 Å². The number of carboxylic acid groups (broad SMARTS) is 1. The molecule has 0 atom stereocenters. The number of hydrogen-bond acceptors (Lipinski definition) is 5. The normalized spacial score (nSPS) is 20.0. The molecule has 0 unspecified atom stereocenters. The molecule has 2 aliphatic rings. The van der Waals surface area contributed by atoms with E-state index in [1.165, 1.54) is 18.2 Å². The van der Waals surface area contributed by atoms with Crippen LogP contribution < -0.4 is 4.74 Å². The van der Waals surface area contributed by atoms with Crippen molar-refractivity contribution in [2.45, 2.75) is 44.6 Å². The molecule has 1 N–H and O–H groups in total. The zero-order chi connectivity index (χ0) is 18.5. The summed E-state index contributed by atoms with van der Waals surface area (Å²) < 4.78 is 6.09. The van der Waals surface area contributed by atoms with Gasteiger partial charge in [-0.25, -0.2) is 0 Å². The molecule has 1 saturated carbocycles. The van der Waals surface area contributed by atoms with E-state index in [1.54, 1.807) is 17.0 Å². The fourth-order valence-corrected chi connectivity index (χ4v) is 4.64. The van der Waals surface area contributed by atoms with Gasteiger partial charge in [-0.05, 0) is 36.6 Å². The Morgan fingerprint density at radius 1 is 1.35 bits per heavy atom. The number of nitrogens with zero attached hydrogens (tertiary/aromatic N) is 1. The molecule has 1 aromatic carbocycles. The topological polar surface area (TPSA) is 66.8 Å². The highest BCUT2D eigenvalue weighted by molar-refractivity contribution is 8.26. The number of thiocarbonyl (C=S) groups is 1. The lowest BCUT2D eigenvalue weighted by Crippen LogP contribution is -2.39. The van der Waals surface area contributed by atoms with Crippen LogP contribution >= 0.6 is 24.0 Å². The van der Waals surface area contributed by atoms with Crippen molar-refractivity contribution in [1.82, 2.24) is 4.90 Å². The summed E-state index contributed by atoms with van der Waals surface area (Å²) in [6, 6.07) is 7.51. The summed E-state index contributed by atoms with van der Waals surface area (Å²) in [5, 5.41) is 8.68. The molecule has 138 valence electrons. The number of benzene rings is 1. The van der Waals surface area contributed by atoms with Crippen LogP contribution in [0.3, 0.4) is 0 Å². The van der Waals surface area contributed by atoms with Crippen LogP contribution in [0.2, 0.25) is 0 Å². The first kappa shape index (κ1) is 18.9. The third-order valence-corrected chi connectivity index (χ3v) is 5.83. The summed E-state index contributed by atoms with van der Waals surface area (Å²) in [5.74, 6) is -0.320. The van der Waals surface area contributed by atoms with Gasteiger partial charge in [0.1, 0.15) is 10.1 Å². The molecule has 5 nitrogen and oxygen atoms in total. The highest BCUT2D eigenvalue weighted by atomic mass is 32.2. The van der Waals surface area contributed by atoms with Gasteiger partial charge in [-0.1, -0.05) is 55.4 Å². The largest absolute Gasteiger partial charge is 0.493 e. The minimum absolute atomic E-state index is 0.0101. The molecule has 1 saturated heterocycles. The third kappa shape index (κ3) is 4.65. The van der Waals surface area contributed by atoms with E-state index in [0.717, 1.165) is 31.2 Å². The number of ether oxygens (including phenoxy) is 1. The van der Waals surface area contributed by atoms with Crippen LogP contribution in [0, 0.1) is 0 Å². The van der Waals surface area contributed by atoms with E-state index in [4.69, 9.17) is 22.1 Å². The Morgan fingerprint density at radius 2 is 2.12 bits per heavy atom. The first-order chi connectivity index (χ1) is 12.5. The van der Waals surface area contributed by atoms with Gasteiger partial charge in [-0.3, -0.25) is 14.5 Å². The van der Waals surface area contributed by atoms with Crippen LogP contribution in [0.15, 0.2) is 29.2 Å². The molecule has 0 radical (unpaired) electrons. The standard InChI is InChI=1S/C19H21NO4S2/c21-17(22)9-10-24-15-8-4-5-13(11-15)12-16-18(23)20(19(25)26-16)14-6-2-1-3-7-14/h4-5,8,11-12,14H,1-3,6-7,9-10H2,(H,21,22)/b16-12+. The molecule has 1 aliphatic carbocycles. The fourth-order valence-electron chi connectivity index (χ4n) is 3.24. The second kappa shape index (κ2) is 8.68. The van der Waals surface area contributed by atoms with Gasteiger partial charge in [-0.15, -0.1) is 0 Å². The zero-order valence-electron chi connectivity index (χ0n) is 14.3. The smallest absolute Gasteiger partial charge is 0.306 e. The molecule has 1 heterocycles. The highest BCUT2D eigenvalue weighted by Crippen LogP contribution is 2.37. The van der Waals surface area contributed by atoms with Crippen molar-refractivity contribution < 1.29 is 19.4 Å². The number of carboxylic acids is 1. The average Bonchev–Trinajstić information content (AvgIpc) is 2.89. The summed E-state index contributed by atoms with van der Waals surface area (Å²) in [5.41, 5.74) is 0.835. The minimum Gasteiger partial charge on any atom is -0.493 e. The Labute approximate surface area is 162 Å². The van der Waals surface area contributed by atoms with E-state index < -0.39 is 5.97 Å². The summed E-state index contributed by atoms with van der Waals surface area (Å²) in [4.78, 5) is 25.8. The number of hydrogen-bond donors (Lipinski definition) is 1. The lowest BCUT2D eigenvalue weighted by molar-refractivity contribution is -0.137. The van der Waals surface area contributed by atoms with Crippen LogP contribution in [0.25, 0.3) is 6.08 Å². The Kier molecular flexibility index (Phi) is 6.32. The highest BCUT2D eigenvalue weighted by Gasteiger charge is 2.37. The number of aliphatic carboxylic acids is 1. The Morgan fingerprint density at radius 3 is 2.85 bits per heavy atom. The van der Waals surface area contributed by atoms with Gasteiger partial charge in [0.15, 0.2) is 0 Å². The summed E-state index contributed by atoms with van der Waals surface area (Å²) >= 11 is 6.79. The van der Waals surface area contributed by atoms with E-state index >= 15 is 0 Å². The second-order valence-electron chi connectivity index (χ2n) is 6.41. The number of carbonyl (C=O) groups excluding carboxylic acids is 1. The van der Waals surface area contributed by atoms with Gasteiger partial charge in [0.2, 0.25) is 0 Å². The van der Waals surface area contributed by atoms with Gasteiger partial charge in [0, 0.05) is 6.04 Å². The molecule has 0 aromatic heterocycles. The monoisotopic (exact) mass is 391 g/mol. The van der Waals surface area contributed by atoms with E-state index in [1.807, 2.05) is 18.2 Å². The van der Waals surface area contributed by atoms with Crippen molar-refractivity contribution >= 4 is 46.3 Å². The van der Waals surface area contributed by atoms with Crippen molar-refractivity contribution in [2.75, 3.05) is 6.61 Å². The molecular weight excluding hydrogens is 370 g/mol. The maximum atomic E-state index is 12.8. The van der Waals surface area contributed by atoms with Crippen molar-refractivity contribution in [3.8, 4) is 5.75 Å². The zero-order valence-corrected chi connectivity index (χ0v) is 16.0. The van der Waals surface area contributed by atoms with E-state index in [0.29, 0.717) is 15.0 Å². The number of thioether (sulfide) groups is 1. The van der Waals surface area contributed by atoms with Crippen LogP contribution in [0.1, 0.15) is 44.1 Å². The third-order valence-electron chi connectivity index (χ3n) is 4.50. The lowest BCUT2D eigenvalue weighted by atomic mass is 9.94. The summed E-state index contributed by atoms with van der Waals surface area (Å²) in [7, 11) is 0. The summed E-state index contributed by atoms with van der Waals surface area (Å²) in [6.07, 6.45) is 7.35. The molecule has 2 fully saturated rings. The average molecular weight is 392 g/mol. The molecule has 1 aliphatic heterocycles. The predicted octanol–water partition coefficient (Wildman–Crippen LogP) is 4.07. The first-order valence-corrected chi connectivity index (χ1v) is 9.99. The van der Waals surface area contributed by atoms with Gasteiger partial charge >= 0.3 is 5.97 Å². The Balaban J connectivity index is 1.70. The lowest BCUT2D eigenvalue weighted by Gasteiger charge is -2.29. The van der Waals surface area contributed by atoms with Crippen LogP contribution in [0.5, 0.6) is 5.75 Å². The molecule has 26 heavy (non-hydrogen) atoms. The molecule has 3 rings (SSSR count). The molecule has 1 amide bonds. The van der Waals surface area contributed by atoms with E-state index in [-0.39, 0.29) is 25.0 Å². The predicted molar refractivity (Wildman–Crippen MR) is 106 cm³/mol. The van der Waals surface area contributed by atoms with Crippen LogP contribution in [-0.2, 0) is 9.59 Å². The van der Waals surface area contributed by atoms with Gasteiger partial charge < -0.3 is 9.84 Å². The molecule has 0 bridgehead atoms. The van der Waals surface area contributed by atoms with Crippen molar-refractivity contribution in [2.24, 2.45) is 0 Å². The second-order valence-corrected chi connectivity index (χ2v) is 8.08. The minimum atomic E-state index is -0.896. The van der Waals surface area contributed by atoms with Gasteiger partial charge in [0.25, 0.3) is 5.91 Å². The maximum absolute atomic E-state index is 12.8. The van der Waals surface area contributed by atoms with Gasteiger partial charge in [0.05, 0.1) is 17.9 Å². The van der Waals surface area contributed by atoms with Crippen molar-refractivity contribution in [3.05, 3.63) is 34.7 Å². The van der Waals surface area contributed by atoms with Crippen molar-refractivity contribution in [3.63, 3.8) is 0 Å². The summed E-state index contributed by atoms with van der Waals surface area (Å²) in [6.45, 7) is 0.114. The Hall–Kier alpha value is -1.86. The van der Waals surface area contributed by atoms with Crippen molar-refractivity contribution in [1.29, 1.82) is 0 Å². The molecule has 0 spiro atoms. The van der Waals surface area contributed by atoms with E-state index in [9.17, 15) is 9.59 Å². The molecule has 7 heteroatoms. The van der Waals surface area contributed by atoms with Crippen LogP contribution in [0.4, 0.5) is 0 Å².